The summed E-state index contributed by atoms with van der Waals surface area (Å²) < 4.78 is 0. The van der Waals surface area contributed by atoms with Crippen LogP contribution in [-0.2, 0) is 13.1 Å². The Labute approximate surface area is 189 Å². The van der Waals surface area contributed by atoms with Gasteiger partial charge in [0.15, 0.2) is 5.78 Å². The summed E-state index contributed by atoms with van der Waals surface area (Å²) in [5.41, 5.74) is 4.63. The van der Waals surface area contributed by atoms with Crippen molar-refractivity contribution in [1.82, 2.24) is 9.80 Å². The molecule has 3 aromatic carbocycles. The van der Waals surface area contributed by atoms with Gasteiger partial charge in [-0.2, -0.15) is 0 Å². The molecule has 162 valence electrons. The van der Waals surface area contributed by atoms with Gasteiger partial charge in [0.2, 0.25) is 0 Å². The second-order valence-corrected chi connectivity index (χ2v) is 8.91. The van der Waals surface area contributed by atoms with E-state index in [9.17, 15) is 9.59 Å². The highest BCUT2D eigenvalue weighted by Gasteiger charge is 2.30. The first-order valence-corrected chi connectivity index (χ1v) is 11.5. The van der Waals surface area contributed by atoms with Gasteiger partial charge in [-0.1, -0.05) is 72.8 Å². The van der Waals surface area contributed by atoms with E-state index in [0.717, 1.165) is 73.4 Å². The van der Waals surface area contributed by atoms with Gasteiger partial charge in [-0.15, -0.1) is 0 Å². The van der Waals surface area contributed by atoms with Gasteiger partial charge >= 0.3 is 0 Å². The first-order chi connectivity index (χ1) is 15.7. The second kappa shape index (κ2) is 9.09. The Hall–Kier alpha value is -3.24. The maximum atomic E-state index is 13.0. The van der Waals surface area contributed by atoms with Crippen LogP contribution in [0.1, 0.15) is 50.2 Å². The van der Waals surface area contributed by atoms with Crippen molar-refractivity contribution in [2.24, 2.45) is 5.92 Å². The quantitative estimate of drug-likeness (QED) is 0.535. The molecule has 0 N–H and O–H groups in total. The summed E-state index contributed by atoms with van der Waals surface area (Å²) >= 11 is 0. The number of carbonyl (C=O) groups is 2. The predicted molar refractivity (Wildman–Crippen MR) is 126 cm³/mol. The second-order valence-electron chi connectivity index (χ2n) is 8.91. The van der Waals surface area contributed by atoms with Crippen LogP contribution in [0.25, 0.3) is 0 Å². The van der Waals surface area contributed by atoms with Crippen LogP contribution < -0.4 is 0 Å². The van der Waals surface area contributed by atoms with Crippen molar-refractivity contribution in [3.63, 3.8) is 0 Å². The zero-order valence-corrected chi connectivity index (χ0v) is 18.2. The molecule has 0 aliphatic carbocycles. The average molecular weight is 425 g/mol. The fraction of sp³-hybridized carbons (Fsp3) is 0.286. The SMILES string of the molecule is O=C(c1ccccc1)c1ccccc1CN1CCC(CN2Cc3ccccc3C2=O)CC1. The normalized spacial score (nSPS) is 16.9. The summed E-state index contributed by atoms with van der Waals surface area (Å²) in [6, 6.07) is 25.4. The molecule has 3 aromatic rings. The van der Waals surface area contributed by atoms with Gasteiger partial charge in [-0.3, -0.25) is 14.5 Å². The van der Waals surface area contributed by atoms with Crippen molar-refractivity contribution in [3.05, 3.63) is 107 Å². The molecule has 1 fully saturated rings. The maximum Gasteiger partial charge on any atom is 0.254 e. The highest BCUT2D eigenvalue weighted by atomic mass is 16.2. The Balaban J connectivity index is 1.19. The van der Waals surface area contributed by atoms with E-state index in [-0.39, 0.29) is 11.7 Å². The minimum atomic E-state index is 0.0863. The van der Waals surface area contributed by atoms with Crippen LogP contribution in [0.3, 0.4) is 0 Å². The zero-order valence-electron chi connectivity index (χ0n) is 18.2. The summed E-state index contributed by atoms with van der Waals surface area (Å²) in [6.45, 7) is 4.35. The first kappa shape index (κ1) is 20.7. The van der Waals surface area contributed by atoms with E-state index in [2.05, 4.69) is 17.0 Å². The van der Waals surface area contributed by atoms with E-state index in [1.54, 1.807) is 0 Å². The number of nitrogens with zero attached hydrogens (tertiary/aromatic N) is 2. The molecule has 1 saturated heterocycles. The zero-order chi connectivity index (χ0) is 21.9. The topological polar surface area (TPSA) is 40.6 Å². The van der Waals surface area contributed by atoms with Gasteiger partial charge in [-0.05, 0) is 49.0 Å². The van der Waals surface area contributed by atoms with Crippen LogP contribution in [0.5, 0.6) is 0 Å². The number of carbonyl (C=O) groups excluding carboxylic acids is 2. The van der Waals surface area contributed by atoms with E-state index in [1.807, 2.05) is 71.6 Å². The molecule has 0 unspecified atom stereocenters. The van der Waals surface area contributed by atoms with E-state index in [1.165, 1.54) is 0 Å². The van der Waals surface area contributed by atoms with Gasteiger partial charge in [0, 0.05) is 36.3 Å². The number of hydrogen-bond donors (Lipinski definition) is 0. The van der Waals surface area contributed by atoms with Crippen LogP contribution in [0, 0.1) is 5.92 Å². The lowest BCUT2D eigenvalue weighted by Gasteiger charge is -2.34. The minimum absolute atomic E-state index is 0.0863. The molecular formula is C28H28N2O2. The third-order valence-electron chi connectivity index (χ3n) is 6.77. The molecule has 2 aliphatic heterocycles. The smallest absolute Gasteiger partial charge is 0.254 e. The molecule has 32 heavy (non-hydrogen) atoms. The molecule has 0 aromatic heterocycles. The number of fused-ring (bicyclic) bond motifs is 1. The number of likely N-dealkylation sites (tertiary alicyclic amines) is 1. The van der Waals surface area contributed by atoms with E-state index in [0.29, 0.717) is 5.92 Å². The van der Waals surface area contributed by atoms with E-state index < -0.39 is 0 Å². The first-order valence-electron chi connectivity index (χ1n) is 11.5. The number of hydrogen-bond acceptors (Lipinski definition) is 3. The Morgan fingerprint density at radius 1 is 0.844 bits per heavy atom. The molecule has 0 atom stereocenters. The molecule has 4 heteroatoms. The fourth-order valence-corrected chi connectivity index (χ4v) is 4.97. The van der Waals surface area contributed by atoms with Gasteiger partial charge in [0.25, 0.3) is 5.91 Å². The lowest BCUT2D eigenvalue weighted by molar-refractivity contribution is 0.0711. The van der Waals surface area contributed by atoms with Crippen molar-refractivity contribution in [3.8, 4) is 0 Å². The summed E-state index contributed by atoms with van der Waals surface area (Å²) in [5.74, 6) is 0.797. The van der Waals surface area contributed by atoms with Gasteiger partial charge in [0.1, 0.15) is 0 Å². The highest BCUT2D eigenvalue weighted by Crippen LogP contribution is 2.27. The molecule has 0 spiro atoms. The molecule has 0 radical (unpaired) electrons. The summed E-state index contributed by atoms with van der Waals surface area (Å²) in [4.78, 5) is 30.2. The molecule has 2 heterocycles. The van der Waals surface area contributed by atoms with Crippen LogP contribution in [0.2, 0.25) is 0 Å². The number of piperidine rings is 1. The van der Waals surface area contributed by atoms with Crippen LogP contribution in [0.15, 0.2) is 78.9 Å². The van der Waals surface area contributed by atoms with Crippen LogP contribution in [-0.4, -0.2) is 41.1 Å². The number of amides is 1. The molecular weight excluding hydrogens is 396 g/mol. The molecule has 5 rings (SSSR count). The van der Waals surface area contributed by atoms with Crippen LogP contribution in [0.4, 0.5) is 0 Å². The molecule has 4 nitrogen and oxygen atoms in total. The molecule has 0 saturated carbocycles. The molecule has 2 aliphatic rings. The third kappa shape index (κ3) is 4.23. The largest absolute Gasteiger partial charge is 0.334 e. The average Bonchev–Trinajstić information content (AvgIpc) is 3.16. The summed E-state index contributed by atoms with van der Waals surface area (Å²) in [5, 5.41) is 0. The maximum absolute atomic E-state index is 13.0. The lowest BCUT2D eigenvalue weighted by atomic mass is 9.94. The minimum Gasteiger partial charge on any atom is -0.334 e. The van der Waals surface area contributed by atoms with E-state index >= 15 is 0 Å². The standard InChI is InChI=1S/C28H28N2O2/c31-27(22-8-2-1-3-9-22)25-12-6-4-10-23(25)19-29-16-14-21(15-17-29)18-30-20-24-11-5-7-13-26(24)28(30)32/h1-13,21H,14-20H2. The Kier molecular flexibility index (Phi) is 5.87. The van der Waals surface area contributed by atoms with Crippen molar-refractivity contribution >= 4 is 11.7 Å². The highest BCUT2D eigenvalue weighted by molar-refractivity contribution is 6.09. The summed E-state index contributed by atoms with van der Waals surface area (Å²) in [7, 11) is 0. The van der Waals surface area contributed by atoms with E-state index in [4.69, 9.17) is 0 Å². The molecule has 1 amide bonds. The van der Waals surface area contributed by atoms with Gasteiger partial charge in [0.05, 0.1) is 0 Å². The van der Waals surface area contributed by atoms with Gasteiger partial charge < -0.3 is 4.90 Å². The number of rotatable bonds is 6. The lowest BCUT2D eigenvalue weighted by Crippen LogP contribution is -2.38. The predicted octanol–water partition coefficient (Wildman–Crippen LogP) is 4.79. The fourth-order valence-electron chi connectivity index (χ4n) is 4.97. The Bertz CT molecular complexity index is 1120. The summed E-state index contributed by atoms with van der Waals surface area (Å²) in [6.07, 6.45) is 2.16. The Morgan fingerprint density at radius 2 is 1.53 bits per heavy atom. The van der Waals surface area contributed by atoms with Crippen molar-refractivity contribution in [2.75, 3.05) is 19.6 Å². The monoisotopic (exact) mass is 424 g/mol. The van der Waals surface area contributed by atoms with Gasteiger partial charge in [-0.25, -0.2) is 0 Å². The van der Waals surface area contributed by atoms with Crippen LogP contribution >= 0.6 is 0 Å². The van der Waals surface area contributed by atoms with Crippen molar-refractivity contribution in [1.29, 1.82) is 0 Å². The third-order valence-corrected chi connectivity index (χ3v) is 6.77. The number of ketones is 1. The Morgan fingerprint density at radius 3 is 2.31 bits per heavy atom. The van der Waals surface area contributed by atoms with Crippen molar-refractivity contribution in [2.45, 2.75) is 25.9 Å². The number of benzene rings is 3. The van der Waals surface area contributed by atoms with Crippen molar-refractivity contribution < 1.29 is 9.59 Å². The molecule has 0 bridgehead atoms.